The first-order valence-corrected chi connectivity index (χ1v) is 12.4. The van der Waals surface area contributed by atoms with Gasteiger partial charge < -0.3 is 9.47 Å². The summed E-state index contributed by atoms with van der Waals surface area (Å²) < 4.78 is 2.15. The fourth-order valence-corrected chi connectivity index (χ4v) is 6.32. The number of rotatable bonds is 4. The Labute approximate surface area is 200 Å². The predicted molar refractivity (Wildman–Crippen MR) is 130 cm³/mol. The van der Waals surface area contributed by atoms with Crippen molar-refractivity contribution < 1.29 is 9.59 Å². The number of imidazole rings is 1. The van der Waals surface area contributed by atoms with Gasteiger partial charge in [-0.25, -0.2) is 9.78 Å². The number of carbonyl (C=O) groups excluding carboxylic acids is 2. The first-order chi connectivity index (χ1) is 16.5. The molecule has 2 fully saturated rings. The maximum Gasteiger partial charge on any atom is 0.327 e. The SMILES string of the molecule is CCN1C(=O)N(C2Cc3ccccc3C2)C(=O)C12CCN(Cc1nc3ccccc3n1C)CC2. The molecule has 2 aromatic carbocycles. The lowest BCUT2D eigenvalue weighted by Crippen LogP contribution is -2.56. The summed E-state index contributed by atoms with van der Waals surface area (Å²) in [5, 5.41) is 0. The van der Waals surface area contributed by atoms with Crippen LogP contribution in [0.1, 0.15) is 36.7 Å². The molecular weight excluding hydrogens is 426 g/mol. The van der Waals surface area contributed by atoms with E-state index in [9.17, 15) is 9.59 Å². The molecule has 2 saturated heterocycles. The van der Waals surface area contributed by atoms with E-state index in [0.717, 1.165) is 49.3 Å². The molecule has 1 spiro atoms. The highest BCUT2D eigenvalue weighted by Crippen LogP contribution is 2.40. The molecule has 1 aromatic heterocycles. The van der Waals surface area contributed by atoms with Gasteiger partial charge in [-0.1, -0.05) is 36.4 Å². The number of imide groups is 1. The van der Waals surface area contributed by atoms with Crippen molar-refractivity contribution in [3.8, 4) is 0 Å². The van der Waals surface area contributed by atoms with Crippen molar-refractivity contribution >= 4 is 23.0 Å². The van der Waals surface area contributed by atoms with Crippen LogP contribution >= 0.6 is 0 Å². The van der Waals surface area contributed by atoms with E-state index < -0.39 is 5.54 Å². The highest BCUT2D eigenvalue weighted by Gasteiger charge is 2.59. The van der Waals surface area contributed by atoms with E-state index in [1.54, 1.807) is 4.90 Å². The molecule has 0 bridgehead atoms. The van der Waals surface area contributed by atoms with Crippen molar-refractivity contribution in [2.45, 2.75) is 50.7 Å². The van der Waals surface area contributed by atoms with Gasteiger partial charge in [0.25, 0.3) is 5.91 Å². The van der Waals surface area contributed by atoms with Crippen molar-refractivity contribution in [2.24, 2.45) is 7.05 Å². The predicted octanol–water partition coefficient (Wildman–Crippen LogP) is 3.36. The fourth-order valence-electron chi connectivity index (χ4n) is 6.32. The summed E-state index contributed by atoms with van der Waals surface area (Å²) in [5.41, 5.74) is 3.95. The van der Waals surface area contributed by atoms with Crippen LogP contribution in [0.5, 0.6) is 0 Å². The summed E-state index contributed by atoms with van der Waals surface area (Å²) in [6.45, 7) is 4.85. The lowest BCUT2D eigenvalue weighted by Gasteiger charge is -2.41. The first kappa shape index (κ1) is 21.4. The van der Waals surface area contributed by atoms with Crippen LogP contribution < -0.4 is 0 Å². The Bertz CT molecular complexity index is 1250. The number of likely N-dealkylation sites (tertiary alicyclic amines) is 1. The van der Waals surface area contributed by atoms with Crippen LogP contribution in [-0.4, -0.2) is 67.4 Å². The van der Waals surface area contributed by atoms with Gasteiger partial charge in [0.15, 0.2) is 0 Å². The molecule has 3 heterocycles. The van der Waals surface area contributed by atoms with Gasteiger partial charge in [-0.15, -0.1) is 0 Å². The molecule has 7 heteroatoms. The molecule has 7 nitrogen and oxygen atoms in total. The molecule has 1 aliphatic carbocycles. The maximum absolute atomic E-state index is 13.9. The number of hydrogen-bond acceptors (Lipinski definition) is 4. The largest absolute Gasteiger partial charge is 0.330 e. The molecule has 6 rings (SSSR count). The van der Waals surface area contributed by atoms with Gasteiger partial charge in [-0.05, 0) is 55.9 Å². The molecule has 34 heavy (non-hydrogen) atoms. The van der Waals surface area contributed by atoms with Crippen molar-refractivity contribution in [3.63, 3.8) is 0 Å². The average molecular weight is 458 g/mol. The second kappa shape index (κ2) is 7.94. The Morgan fingerprint density at radius 3 is 2.26 bits per heavy atom. The van der Waals surface area contributed by atoms with Crippen LogP contribution in [0.25, 0.3) is 11.0 Å². The third kappa shape index (κ3) is 3.10. The Morgan fingerprint density at radius 1 is 0.971 bits per heavy atom. The van der Waals surface area contributed by atoms with Crippen LogP contribution in [0, 0.1) is 0 Å². The number of hydrogen-bond donors (Lipinski definition) is 0. The monoisotopic (exact) mass is 457 g/mol. The standard InChI is InChI=1S/C27H31N5O2/c1-3-31-26(34)32(21-16-19-8-4-5-9-20(19)17-21)25(33)27(31)12-14-30(15-13-27)18-24-28-22-10-6-7-11-23(22)29(24)2/h4-11,21H,3,12-18H2,1-2H3. The van der Waals surface area contributed by atoms with Gasteiger partial charge >= 0.3 is 6.03 Å². The van der Waals surface area contributed by atoms with Gasteiger partial charge in [0.05, 0.1) is 17.6 Å². The molecule has 2 aliphatic heterocycles. The first-order valence-electron chi connectivity index (χ1n) is 12.4. The number of aromatic nitrogens is 2. The smallest absolute Gasteiger partial charge is 0.327 e. The van der Waals surface area contributed by atoms with Gasteiger partial charge in [0.1, 0.15) is 11.4 Å². The molecule has 3 amide bonds. The summed E-state index contributed by atoms with van der Waals surface area (Å²) in [7, 11) is 2.06. The molecule has 0 saturated carbocycles. The van der Waals surface area contributed by atoms with Gasteiger partial charge in [-0.2, -0.15) is 0 Å². The van der Waals surface area contributed by atoms with E-state index in [4.69, 9.17) is 4.98 Å². The summed E-state index contributed by atoms with van der Waals surface area (Å²) in [4.78, 5) is 38.0. The van der Waals surface area contributed by atoms with E-state index >= 15 is 0 Å². The highest BCUT2D eigenvalue weighted by molar-refractivity contribution is 6.07. The van der Waals surface area contributed by atoms with Crippen molar-refractivity contribution in [1.29, 1.82) is 0 Å². The number of urea groups is 1. The molecular formula is C27H31N5O2. The van der Waals surface area contributed by atoms with Crippen molar-refractivity contribution in [1.82, 2.24) is 24.3 Å². The summed E-state index contributed by atoms with van der Waals surface area (Å²) >= 11 is 0. The third-order valence-electron chi connectivity index (χ3n) is 8.21. The molecule has 0 atom stereocenters. The highest BCUT2D eigenvalue weighted by atomic mass is 16.2. The maximum atomic E-state index is 13.9. The van der Waals surface area contributed by atoms with E-state index in [0.29, 0.717) is 19.4 Å². The third-order valence-corrected chi connectivity index (χ3v) is 8.21. The minimum absolute atomic E-state index is 0.0135. The zero-order valence-electron chi connectivity index (χ0n) is 19.9. The number of benzene rings is 2. The number of para-hydroxylation sites is 2. The number of likely N-dealkylation sites (N-methyl/N-ethyl adjacent to an activating group) is 1. The van der Waals surface area contributed by atoms with Crippen LogP contribution in [0.15, 0.2) is 48.5 Å². The normalized spacial score (nSPS) is 20.8. The Kier molecular flexibility index (Phi) is 4.99. The summed E-state index contributed by atoms with van der Waals surface area (Å²) in [6, 6.07) is 16.3. The number of nitrogens with zero attached hydrogens (tertiary/aromatic N) is 5. The van der Waals surface area contributed by atoms with E-state index in [1.807, 2.05) is 42.2 Å². The average Bonchev–Trinajstić information content (AvgIpc) is 3.47. The molecule has 0 N–H and O–H groups in total. The fraction of sp³-hybridized carbons (Fsp3) is 0.444. The topological polar surface area (TPSA) is 61.7 Å². The molecule has 0 radical (unpaired) electrons. The zero-order chi connectivity index (χ0) is 23.4. The van der Waals surface area contributed by atoms with Crippen molar-refractivity contribution in [3.05, 3.63) is 65.5 Å². The minimum atomic E-state index is -0.705. The number of aryl methyl sites for hydroxylation is 1. The molecule has 3 aliphatic rings. The molecule has 176 valence electrons. The number of piperidine rings is 1. The Hall–Kier alpha value is -3.19. The van der Waals surface area contributed by atoms with Crippen molar-refractivity contribution in [2.75, 3.05) is 19.6 Å². The molecule has 3 aromatic rings. The van der Waals surface area contributed by atoms with Gasteiger partial charge in [0.2, 0.25) is 0 Å². The van der Waals surface area contributed by atoms with E-state index in [1.165, 1.54) is 11.1 Å². The zero-order valence-corrected chi connectivity index (χ0v) is 19.9. The molecule has 0 unspecified atom stereocenters. The Balaban J connectivity index is 1.20. The van der Waals surface area contributed by atoms with E-state index in [-0.39, 0.29) is 18.0 Å². The second-order valence-corrected chi connectivity index (χ2v) is 9.92. The lowest BCUT2D eigenvalue weighted by atomic mass is 9.85. The quantitative estimate of drug-likeness (QED) is 0.564. The number of amides is 3. The number of carbonyl (C=O) groups is 2. The summed E-state index contributed by atoms with van der Waals surface area (Å²) in [5.74, 6) is 1.04. The van der Waals surface area contributed by atoms with Crippen LogP contribution in [-0.2, 0) is 31.2 Å². The van der Waals surface area contributed by atoms with Gasteiger partial charge in [0, 0.05) is 32.7 Å². The van der Waals surface area contributed by atoms with Crippen LogP contribution in [0.3, 0.4) is 0 Å². The van der Waals surface area contributed by atoms with Gasteiger partial charge in [-0.3, -0.25) is 14.6 Å². The lowest BCUT2D eigenvalue weighted by molar-refractivity contribution is -0.137. The van der Waals surface area contributed by atoms with Crippen LogP contribution in [0.4, 0.5) is 4.79 Å². The number of fused-ring (bicyclic) bond motifs is 2. The minimum Gasteiger partial charge on any atom is -0.330 e. The second-order valence-electron chi connectivity index (χ2n) is 9.92. The van der Waals surface area contributed by atoms with Crippen LogP contribution in [0.2, 0.25) is 0 Å². The van der Waals surface area contributed by atoms with E-state index in [2.05, 4.69) is 34.7 Å². The Morgan fingerprint density at radius 2 is 1.62 bits per heavy atom. The summed E-state index contributed by atoms with van der Waals surface area (Å²) in [6.07, 6.45) is 2.87.